The summed E-state index contributed by atoms with van der Waals surface area (Å²) in [6.45, 7) is 0. The summed E-state index contributed by atoms with van der Waals surface area (Å²) < 4.78 is 0. The number of aliphatic hydroxyl groups excluding tert-OH is 1. The second-order valence-corrected chi connectivity index (χ2v) is 2.12. The number of rotatable bonds is 1. The SMILES string of the molecule is CSC(O)Cl. The second kappa shape index (κ2) is 2.82. The molecule has 0 spiro atoms. The van der Waals surface area contributed by atoms with E-state index in [1.807, 2.05) is 0 Å². The quantitative estimate of drug-likeness (QED) is 0.401. The van der Waals surface area contributed by atoms with Crippen LogP contribution in [0.3, 0.4) is 0 Å². The molecule has 0 aliphatic heterocycles. The lowest BCUT2D eigenvalue weighted by atomic mass is 11.7. The molecule has 0 saturated heterocycles. The Labute approximate surface area is 40.3 Å². The summed E-state index contributed by atoms with van der Waals surface area (Å²) in [7, 11) is 0. The molecule has 0 aliphatic rings. The zero-order valence-electron chi connectivity index (χ0n) is 2.81. The molecule has 1 N–H and O–H groups in total. The maximum atomic E-state index is 8.09. The first-order chi connectivity index (χ1) is 2.27. The number of alkyl halides is 1. The number of aliphatic hydroxyl groups is 1. The van der Waals surface area contributed by atoms with Gasteiger partial charge in [-0.05, 0) is 6.26 Å². The Morgan fingerprint density at radius 2 is 2.20 bits per heavy atom. The largest absolute Gasteiger partial charge is 0.369 e. The Kier molecular flexibility index (Phi) is 3.16. The van der Waals surface area contributed by atoms with Gasteiger partial charge >= 0.3 is 0 Å². The Hall–Kier alpha value is 0.600. The van der Waals surface area contributed by atoms with Crippen molar-refractivity contribution in [1.29, 1.82) is 0 Å². The minimum Gasteiger partial charge on any atom is -0.369 e. The van der Waals surface area contributed by atoms with E-state index in [4.69, 9.17) is 16.7 Å². The summed E-state index contributed by atoms with van der Waals surface area (Å²) in [5.41, 5.74) is 0. The van der Waals surface area contributed by atoms with E-state index < -0.39 is 4.90 Å². The van der Waals surface area contributed by atoms with Crippen LogP contribution in [0.5, 0.6) is 0 Å². The summed E-state index contributed by atoms with van der Waals surface area (Å²) in [5, 5.41) is 8.09. The van der Waals surface area contributed by atoms with Crippen molar-refractivity contribution in [2.75, 3.05) is 6.26 Å². The van der Waals surface area contributed by atoms with Gasteiger partial charge in [0.25, 0.3) is 0 Å². The van der Waals surface area contributed by atoms with E-state index in [0.717, 1.165) is 0 Å². The topological polar surface area (TPSA) is 20.2 Å². The second-order valence-electron chi connectivity index (χ2n) is 0.528. The van der Waals surface area contributed by atoms with Crippen molar-refractivity contribution in [3.05, 3.63) is 0 Å². The molecule has 0 bridgehead atoms. The fraction of sp³-hybridized carbons (Fsp3) is 1.00. The lowest BCUT2D eigenvalue weighted by Gasteiger charge is -1.87. The van der Waals surface area contributed by atoms with Crippen LogP contribution in [-0.4, -0.2) is 16.3 Å². The van der Waals surface area contributed by atoms with Crippen molar-refractivity contribution in [3.8, 4) is 0 Å². The number of thioether (sulfide) groups is 1. The molecule has 3 heteroatoms. The average molecular weight is 113 g/mol. The predicted molar refractivity (Wildman–Crippen MR) is 25.4 cm³/mol. The third-order valence-electron chi connectivity index (χ3n) is 0.194. The minimum atomic E-state index is -0.727. The number of hydrogen-bond donors (Lipinski definition) is 1. The van der Waals surface area contributed by atoms with Gasteiger partial charge in [0.05, 0.1) is 0 Å². The van der Waals surface area contributed by atoms with Crippen LogP contribution in [0.15, 0.2) is 0 Å². The molecule has 0 fully saturated rings. The first-order valence-electron chi connectivity index (χ1n) is 1.12. The third-order valence-corrected chi connectivity index (χ3v) is 1.12. The molecule has 0 heterocycles. The van der Waals surface area contributed by atoms with Gasteiger partial charge in [-0.2, -0.15) is 0 Å². The third kappa shape index (κ3) is 4.60. The van der Waals surface area contributed by atoms with Crippen LogP contribution in [0.1, 0.15) is 0 Å². The first kappa shape index (κ1) is 5.60. The first-order valence-corrected chi connectivity index (χ1v) is 2.84. The number of hydrogen-bond acceptors (Lipinski definition) is 2. The van der Waals surface area contributed by atoms with Crippen molar-refractivity contribution in [1.82, 2.24) is 0 Å². The van der Waals surface area contributed by atoms with E-state index in [-0.39, 0.29) is 0 Å². The summed E-state index contributed by atoms with van der Waals surface area (Å²) >= 11 is 6.18. The van der Waals surface area contributed by atoms with Gasteiger partial charge in [-0.1, -0.05) is 11.6 Å². The van der Waals surface area contributed by atoms with Crippen LogP contribution in [-0.2, 0) is 0 Å². The molecule has 32 valence electrons. The van der Waals surface area contributed by atoms with Gasteiger partial charge in [0.1, 0.15) is 0 Å². The van der Waals surface area contributed by atoms with Gasteiger partial charge in [-0.25, -0.2) is 0 Å². The molecule has 0 aromatic heterocycles. The van der Waals surface area contributed by atoms with Crippen molar-refractivity contribution in [3.63, 3.8) is 0 Å². The lowest BCUT2D eigenvalue weighted by Crippen LogP contribution is -1.81. The number of halogens is 1. The van der Waals surface area contributed by atoms with Crippen LogP contribution < -0.4 is 0 Å². The van der Waals surface area contributed by atoms with Gasteiger partial charge in [0.2, 0.25) is 0 Å². The summed E-state index contributed by atoms with van der Waals surface area (Å²) in [4.78, 5) is -0.727. The molecular weight excluding hydrogens is 108 g/mol. The summed E-state index contributed by atoms with van der Waals surface area (Å²) in [6.07, 6.45) is 1.73. The van der Waals surface area contributed by atoms with Crippen molar-refractivity contribution >= 4 is 23.4 Å². The van der Waals surface area contributed by atoms with Crippen molar-refractivity contribution in [2.24, 2.45) is 0 Å². The molecule has 0 amide bonds. The van der Waals surface area contributed by atoms with E-state index in [2.05, 4.69) is 0 Å². The molecule has 0 saturated carbocycles. The minimum absolute atomic E-state index is 0.727. The van der Waals surface area contributed by atoms with Crippen LogP contribution >= 0.6 is 23.4 Å². The molecule has 1 unspecified atom stereocenters. The molecule has 1 nitrogen and oxygen atoms in total. The van der Waals surface area contributed by atoms with Gasteiger partial charge < -0.3 is 5.11 Å². The standard InChI is InChI=1S/C2H5ClOS/c1-5-2(3)4/h2,4H,1H3. The molecule has 0 radical (unpaired) electrons. The van der Waals surface area contributed by atoms with Gasteiger partial charge in [-0.15, -0.1) is 11.8 Å². The summed E-state index contributed by atoms with van der Waals surface area (Å²) in [6, 6.07) is 0. The highest BCUT2D eigenvalue weighted by Gasteiger charge is 1.85. The fourth-order valence-corrected chi connectivity index (χ4v) is 0. The molecular formula is C2H5ClOS. The maximum Gasteiger partial charge on any atom is 0.175 e. The molecule has 0 rings (SSSR count). The smallest absolute Gasteiger partial charge is 0.175 e. The van der Waals surface area contributed by atoms with Gasteiger partial charge in [0.15, 0.2) is 4.90 Å². The Morgan fingerprint density at radius 3 is 2.20 bits per heavy atom. The zero-order chi connectivity index (χ0) is 4.28. The van der Waals surface area contributed by atoms with E-state index in [1.165, 1.54) is 11.8 Å². The molecule has 1 atom stereocenters. The average Bonchev–Trinajstić information content (AvgIpc) is 1.38. The van der Waals surface area contributed by atoms with E-state index in [1.54, 1.807) is 6.26 Å². The Bertz CT molecular complexity index is 23.6. The molecule has 0 aliphatic carbocycles. The van der Waals surface area contributed by atoms with E-state index >= 15 is 0 Å². The Balaban J connectivity index is 2.54. The summed E-state index contributed by atoms with van der Waals surface area (Å²) in [5.74, 6) is 0. The van der Waals surface area contributed by atoms with Crippen molar-refractivity contribution in [2.45, 2.75) is 4.90 Å². The van der Waals surface area contributed by atoms with Gasteiger partial charge in [0, 0.05) is 0 Å². The highest BCUT2D eigenvalue weighted by molar-refractivity contribution is 8.00. The van der Waals surface area contributed by atoms with Crippen molar-refractivity contribution < 1.29 is 5.11 Å². The predicted octanol–water partition coefficient (Wildman–Crippen LogP) is 0.864. The van der Waals surface area contributed by atoms with Crippen LogP contribution in [0, 0.1) is 0 Å². The Morgan fingerprint density at radius 1 is 2.00 bits per heavy atom. The maximum absolute atomic E-state index is 8.09. The fourth-order valence-electron chi connectivity index (χ4n) is 0. The normalized spacial score (nSPS) is 15.0. The molecule has 5 heavy (non-hydrogen) atoms. The van der Waals surface area contributed by atoms with Gasteiger partial charge in [-0.3, -0.25) is 0 Å². The van der Waals surface area contributed by atoms with E-state index in [0.29, 0.717) is 0 Å². The highest BCUT2D eigenvalue weighted by Crippen LogP contribution is 2.04. The van der Waals surface area contributed by atoms with Crippen LogP contribution in [0.2, 0.25) is 0 Å². The monoisotopic (exact) mass is 112 g/mol. The zero-order valence-corrected chi connectivity index (χ0v) is 4.38. The van der Waals surface area contributed by atoms with Crippen LogP contribution in [0.25, 0.3) is 0 Å². The van der Waals surface area contributed by atoms with E-state index in [9.17, 15) is 0 Å². The molecule has 0 aromatic carbocycles. The lowest BCUT2D eigenvalue weighted by molar-refractivity contribution is 0.340. The highest BCUT2D eigenvalue weighted by atomic mass is 35.5. The van der Waals surface area contributed by atoms with Crippen LogP contribution in [0.4, 0.5) is 0 Å². The molecule has 0 aromatic rings.